The molecule has 4 heteroatoms. The van der Waals surface area contributed by atoms with Crippen LogP contribution < -0.4 is 5.32 Å². The normalized spacial score (nSPS) is 28.5. The molecule has 1 N–H and O–H groups in total. The topological polar surface area (TPSA) is 30.9 Å². The molecule has 4 nitrogen and oxygen atoms in total. The van der Waals surface area contributed by atoms with Gasteiger partial charge in [-0.25, -0.2) is 4.99 Å². The lowest BCUT2D eigenvalue weighted by Gasteiger charge is -2.43. The second kappa shape index (κ2) is 8.22. The van der Waals surface area contributed by atoms with Crippen molar-refractivity contribution < 1.29 is 0 Å². The summed E-state index contributed by atoms with van der Waals surface area (Å²) in [5.74, 6) is 1.10. The predicted molar refractivity (Wildman–Crippen MR) is 105 cm³/mol. The van der Waals surface area contributed by atoms with E-state index >= 15 is 0 Å². The minimum Gasteiger partial charge on any atom is -0.343 e. The number of para-hydroxylation sites is 1. The first-order valence-electron chi connectivity index (χ1n) is 10.3. The number of rotatable bonds is 3. The highest BCUT2D eigenvalue weighted by Gasteiger charge is 2.34. The second-order valence-corrected chi connectivity index (χ2v) is 7.87. The van der Waals surface area contributed by atoms with Gasteiger partial charge < -0.3 is 15.1 Å². The van der Waals surface area contributed by atoms with E-state index in [1.165, 1.54) is 64.5 Å². The van der Waals surface area contributed by atoms with Crippen LogP contribution in [-0.4, -0.2) is 54.0 Å². The van der Waals surface area contributed by atoms with Gasteiger partial charge >= 0.3 is 0 Å². The SMILES string of the molecule is c1ccc(NC(=NC2CC(N3CCCCC3)C2)N2CCCCC2)cc1. The lowest BCUT2D eigenvalue weighted by atomic mass is 9.85. The van der Waals surface area contributed by atoms with Crippen LogP contribution in [0.4, 0.5) is 5.69 Å². The van der Waals surface area contributed by atoms with Crippen molar-refractivity contribution in [3.63, 3.8) is 0 Å². The van der Waals surface area contributed by atoms with Gasteiger partial charge in [0.15, 0.2) is 5.96 Å². The van der Waals surface area contributed by atoms with Gasteiger partial charge in [-0.1, -0.05) is 24.6 Å². The quantitative estimate of drug-likeness (QED) is 0.667. The van der Waals surface area contributed by atoms with E-state index < -0.39 is 0 Å². The van der Waals surface area contributed by atoms with Gasteiger partial charge in [0.25, 0.3) is 0 Å². The molecule has 0 atom stereocenters. The van der Waals surface area contributed by atoms with Crippen molar-refractivity contribution in [1.29, 1.82) is 0 Å². The third kappa shape index (κ3) is 4.35. The largest absolute Gasteiger partial charge is 0.343 e. The number of anilines is 1. The number of aliphatic imine (C=N–C) groups is 1. The molecule has 1 saturated carbocycles. The summed E-state index contributed by atoms with van der Waals surface area (Å²) < 4.78 is 0. The number of nitrogens with zero attached hydrogens (tertiary/aromatic N) is 3. The Labute approximate surface area is 152 Å². The zero-order valence-electron chi connectivity index (χ0n) is 15.4. The molecule has 0 unspecified atom stereocenters. The second-order valence-electron chi connectivity index (χ2n) is 7.87. The Bertz CT molecular complexity index is 553. The summed E-state index contributed by atoms with van der Waals surface area (Å²) >= 11 is 0. The van der Waals surface area contributed by atoms with E-state index in [9.17, 15) is 0 Å². The van der Waals surface area contributed by atoms with Crippen molar-refractivity contribution in [1.82, 2.24) is 9.80 Å². The van der Waals surface area contributed by atoms with E-state index in [1.54, 1.807) is 0 Å². The summed E-state index contributed by atoms with van der Waals surface area (Å²) in [5, 5.41) is 3.60. The van der Waals surface area contributed by atoms with Gasteiger partial charge in [-0.05, 0) is 70.2 Å². The smallest absolute Gasteiger partial charge is 0.198 e. The molecule has 1 aromatic carbocycles. The number of benzene rings is 1. The molecule has 25 heavy (non-hydrogen) atoms. The molecule has 0 aromatic heterocycles. The van der Waals surface area contributed by atoms with Crippen molar-refractivity contribution in [3.05, 3.63) is 30.3 Å². The monoisotopic (exact) mass is 340 g/mol. The number of piperidine rings is 2. The minimum absolute atomic E-state index is 0.500. The summed E-state index contributed by atoms with van der Waals surface area (Å²) in [4.78, 5) is 10.3. The van der Waals surface area contributed by atoms with Crippen LogP contribution in [0.15, 0.2) is 35.3 Å². The fourth-order valence-corrected chi connectivity index (χ4v) is 4.37. The highest BCUT2D eigenvalue weighted by molar-refractivity contribution is 5.93. The maximum atomic E-state index is 5.15. The van der Waals surface area contributed by atoms with Crippen LogP contribution >= 0.6 is 0 Å². The number of nitrogens with one attached hydrogen (secondary N) is 1. The Kier molecular flexibility index (Phi) is 5.55. The standard InChI is InChI=1S/C21H32N4/c1-4-10-18(11-5-1)22-21(25-14-8-3-9-15-25)23-19-16-20(17-19)24-12-6-2-7-13-24/h1,4-5,10-11,19-20H,2-3,6-9,12-17H2,(H,22,23). The summed E-state index contributed by atoms with van der Waals surface area (Å²) in [6.45, 7) is 4.90. The lowest BCUT2D eigenvalue weighted by Crippen LogP contribution is -2.49. The zero-order valence-corrected chi connectivity index (χ0v) is 15.4. The molecule has 0 radical (unpaired) electrons. The molecule has 1 aromatic rings. The first kappa shape index (κ1) is 16.9. The predicted octanol–water partition coefficient (Wildman–Crippen LogP) is 3.96. The Hall–Kier alpha value is -1.55. The van der Waals surface area contributed by atoms with E-state index in [1.807, 2.05) is 0 Å². The van der Waals surface area contributed by atoms with Gasteiger partial charge in [0.05, 0.1) is 6.04 Å². The minimum atomic E-state index is 0.500. The van der Waals surface area contributed by atoms with Crippen molar-refractivity contribution in [2.75, 3.05) is 31.5 Å². The summed E-state index contributed by atoms with van der Waals surface area (Å²) in [7, 11) is 0. The summed E-state index contributed by atoms with van der Waals surface area (Å²) in [6, 6.07) is 11.8. The Morgan fingerprint density at radius 1 is 0.840 bits per heavy atom. The molecule has 3 fully saturated rings. The molecule has 2 aliphatic heterocycles. The van der Waals surface area contributed by atoms with Crippen LogP contribution in [0.25, 0.3) is 0 Å². The number of likely N-dealkylation sites (tertiary alicyclic amines) is 2. The maximum Gasteiger partial charge on any atom is 0.198 e. The van der Waals surface area contributed by atoms with Crippen molar-refractivity contribution in [2.24, 2.45) is 4.99 Å². The average Bonchev–Trinajstić information content (AvgIpc) is 2.65. The molecule has 3 aliphatic rings. The van der Waals surface area contributed by atoms with Gasteiger partial charge in [0, 0.05) is 24.8 Å². The average molecular weight is 341 g/mol. The van der Waals surface area contributed by atoms with Crippen LogP contribution in [-0.2, 0) is 0 Å². The van der Waals surface area contributed by atoms with E-state index in [0.29, 0.717) is 6.04 Å². The molecule has 2 heterocycles. The molecule has 1 aliphatic carbocycles. The van der Waals surface area contributed by atoms with Gasteiger partial charge in [0.1, 0.15) is 0 Å². The molecule has 0 bridgehead atoms. The lowest BCUT2D eigenvalue weighted by molar-refractivity contribution is 0.0908. The molecule has 0 spiro atoms. The summed E-state index contributed by atoms with van der Waals surface area (Å²) in [5.41, 5.74) is 1.15. The van der Waals surface area contributed by atoms with E-state index in [2.05, 4.69) is 45.4 Å². The Morgan fingerprint density at radius 3 is 2.16 bits per heavy atom. The van der Waals surface area contributed by atoms with Crippen LogP contribution in [0.1, 0.15) is 51.4 Å². The third-order valence-corrected chi connectivity index (χ3v) is 5.99. The highest BCUT2D eigenvalue weighted by atomic mass is 15.3. The molecule has 2 saturated heterocycles. The number of hydrogen-bond acceptors (Lipinski definition) is 2. The van der Waals surface area contributed by atoms with Crippen LogP contribution in [0.5, 0.6) is 0 Å². The van der Waals surface area contributed by atoms with Crippen molar-refractivity contribution in [2.45, 2.75) is 63.5 Å². The van der Waals surface area contributed by atoms with Gasteiger partial charge in [-0.2, -0.15) is 0 Å². The molecule has 4 rings (SSSR count). The Balaban J connectivity index is 1.39. The highest BCUT2D eigenvalue weighted by Crippen LogP contribution is 2.31. The fourth-order valence-electron chi connectivity index (χ4n) is 4.37. The maximum absolute atomic E-state index is 5.15. The number of guanidine groups is 1. The Morgan fingerprint density at radius 2 is 1.48 bits per heavy atom. The summed E-state index contributed by atoms with van der Waals surface area (Å²) in [6.07, 6.45) is 10.6. The molecular weight excluding hydrogens is 308 g/mol. The molecular formula is C21H32N4. The van der Waals surface area contributed by atoms with Crippen molar-refractivity contribution in [3.8, 4) is 0 Å². The van der Waals surface area contributed by atoms with Crippen LogP contribution in [0, 0.1) is 0 Å². The fraction of sp³-hybridized carbons (Fsp3) is 0.667. The van der Waals surface area contributed by atoms with Gasteiger partial charge in [0.2, 0.25) is 0 Å². The molecule has 136 valence electrons. The van der Waals surface area contributed by atoms with E-state index in [0.717, 1.165) is 30.8 Å². The van der Waals surface area contributed by atoms with Crippen LogP contribution in [0.3, 0.4) is 0 Å². The van der Waals surface area contributed by atoms with E-state index in [-0.39, 0.29) is 0 Å². The molecule has 0 amide bonds. The third-order valence-electron chi connectivity index (χ3n) is 5.99. The first-order valence-corrected chi connectivity index (χ1v) is 10.3. The zero-order chi connectivity index (χ0) is 16.9. The first-order chi connectivity index (χ1) is 12.4. The van der Waals surface area contributed by atoms with Crippen molar-refractivity contribution >= 4 is 11.6 Å². The number of hydrogen-bond donors (Lipinski definition) is 1. The van der Waals surface area contributed by atoms with Gasteiger partial charge in [-0.15, -0.1) is 0 Å². The van der Waals surface area contributed by atoms with E-state index in [4.69, 9.17) is 4.99 Å². The van der Waals surface area contributed by atoms with Gasteiger partial charge in [-0.3, -0.25) is 0 Å². The van der Waals surface area contributed by atoms with Crippen LogP contribution in [0.2, 0.25) is 0 Å².